The molecule has 0 bridgehead atoms. The monoisotopic (exact) mass is 300 g/mol. The van der Waals surface area contributed by atoms with E-state index in [1.165, 1.54) is 43.7 Å². The van der Waals surface area contributed by atoms with Crippen LogP contribution in [0.2, 0.25) is 0 Å². The highest BCUT2D eigenvalue weighted by Crippen LogP contribution is 2.24. The molecule has 1 aliphatic carbocycles. The molecule has 0 saturated heterocycles. The predicted molar refractivity (Wildman–Crippen MR) is 88.9 cm³/mol. The van der Waals surface area contributed by atoms with Gasteiger partial charge in [0.25, 0.3) is 0 Å². The maximum atomic E-state index is 14.1. The molecule has 22 heavy (non-hydrogen) atoms. The van der Waals surface area contributed by atoms with Gasteiger partial charge < -0.3 is 9.88 Å². The molecule has 0 spiro atoms. The van der Waals surface area contributed by atoms with Crippen molar-refractivity contribution < 1.29 is 4.39 Å². The molecule has 1 N–H and O–H groups in total. The molecule has 1 fully saturated rings. The summed E-state index contributed by atoms with van der Waals surface area (Å²) < 4.78 is 16.1. The van der Waals surface area contributed by atoms with Crippen molar-refractivity contribution in [2.24, 2.45) is 0 Å². The van der Waals surface area contributed by atoms with Crippen LogP contribution in [0.15, 0.2) is 30.3 Å². The smallest absolute Gasteiger partial charge is 0.147 e. The highest BCUT2D eigenvalue weighted by molar-refractivity contribution is 5.42. The average molecular weight is 300 g/mol. The number of nitrogens with zero attached hydrogens (tertiary/aromatic N) is 1. The lowest BCUT2D eigenvalue weighted by atomic mass is 9.95. The van der Waals surface area contributed by atoms with E-state index < -0.39 is 0 Å². The van der Waals surface area contributed by atoms with Crippen molar-refractivity contribution in [3.63, 3.8) is 0 Å². The van der Waals surface area contributed by atoms with Gasteiger partial charge in [0, 0.05) is 24.0 Å². The number of nitrogens with one attached hydrogen (secondary N) is 1. The summed E-state index contributed by atoms with van der Waals surface area (Å²) in [5, 5.41) is 3.68. The number of hydrogen-bond acceptors (Lipinski definition) is 1. The van der Waals surface area contributed by atoms with Crippen molar-refractivity contribution in [3.8, 4) is 5.69 Å². The molecule has 0 radical (unpaired) electrons. The minimum atomic E-state index is -0.170. The zero-order valence-corrected chi connectivity index (χ0v) is 13.5. The first kappa shape index (κ1) is 15.3. The first-order chi connectivity index (χ1) is 10.7. The van der Waals surface area contributed by atoms with Gasteiger partial charge in [-0.2, -0.15) is 0 Å². The lowest BCUT2D eigenvalue weighted by Crippen LogP contribution is -2.30. The van der Waals surface area contributed by atoms with Crippen molar-refractivity contribution in [1.82, 2.24) is 9.88 Å². The van der Waals surface area contributed by atoms with Crippen LogP contribution in [0.25, 0.3) is 5.69 Å². The lowest BCUT2D eigenvalue weighted by Gasteiger charge is -2.22. The predicted octanol–water partition coefficient (Wildman–Crippen LogP) is 4.66. The maximum Gasteiger partial charge on any atom is 0.147 e. The molecule has 3 heteroatoms. The van der Waals surface area contributed by atoms with Gasteiger partial charge >= 0.3 is 0 Å². The van der Waals surface area contributed by atoms with Crippen molar-refractivity contribution >= 4 is 0 Å². The van der Waals surface area contributed by atoms with E-state index in [0.29, 0.717) is 11.7 Å². The Morgan fingerprint density at radius 2 is 1.86 bits per heavy atom. The molecule has 1 aromatic heterocycles. The van der Waals surface area contributed by atoms with E-state index in [9.17, 15) is 4.39 Å². The molecule has 1 aliphatic rings. The summed E-state index contributed by atoms with van der Waals surface area (Å²) in [5.74, 6) is -0.170. The molecular formula is C19H25FN2. The van der Waals surface area contributed by atoms with Crippen LogP contribution >= 0.6 is 0 Å². The zero-order chi connectivity index (χ0) is 15.5. The summed E-state index contributed by atoms with van der Waals surface area (Å²) in [7, 11) is 0. The summed E-state index contributed by atoms with van der Waals surface area (Å²) in [4.78, 5) is 0. The van der Waals surface area contributed by atoms with Crippen LogP contribution in [0, 0.1) is 19.7 Å². The van der Waals surface area contributed by atoms with Gasteiger partial charge in [-0.05, 0) is 50.5 Å². The van der Waals surface area contributed by atoms with Gasteiger partial charge in [-0.15, -0.1) is 0 Å². The molecule has 0 unspecified atom stereocenters. The van der Waals surface area contributed by atoms with E-state index in [4.69, 9.17) is 0 Å². The first-order valence-corrected chi connectivity index (χ1v) is 8.33. The quantitative estimate of drug-likeness (QED) is 0.869. The minimum Gasteiger partial charge on any atom is -0.315 e. The Kier molecular flexibility index (Phi) is 4.63. The largest absolute Gasteiger partial charge is 0.315 e. The molecule has 0 amide bonds. The van der Waals surface area contributed by atoms with E-state index in [1.807, 2.05) is 23.6 Å². The highest BCUT2D eigenvalue weighted by Gasteiger charge is 2.16. The van der Waals surface area contributed by atoms with Crippen molar-refractivity contribution in [2.75, 3.05) is 0 Å². The summed E-state index contributed by atoms with van der Waals surface area (Å²) in [6.45, 7) is 5.00. The Morgan fingerprint density at radius 1 is 1.14 bits per heavy atom. The molecule has 2 nitrogen and oxygen atoms in total. The van der Waals surface area contributed by atoms with Gasteiger partial charge in [0.05, 0.1) is 5.69 Å². The molecular weight excluding hydrogens is 275 g/mol. The fourth-order valence-corrected chi connectivity index (χ4v) is 3.57. The summed E-state index contributed by atoms with van der Waals surface area (Å²) in [6, 6.07) is 9.81. The summed E-state index contributed by atoms with van der Waals surface area (Å²) >= 11 is 0. The number of rotatable bonds is 4. The molecule has 0 atom stereocenters. The molecule has 0 aliphatic heterocycles. The Bertz CT molecular complexity index is 639. The summed E-state index contributed by atoms with van der Waals surface area (Å²) in [6.07, 6.45) is 6.62. The Balaban J connectivity index is 1.79. The van der Waals surface area contributed by atoms with E-state index in [1.54, 1.807) is 6.07 Å². The highest BCUT2D eigenvalue weighted by atomic mass is 19.1. The number of halogens is 1. The molecule has 1 heterocycles. The van der Waals surface area contributed by atoms with E-state index in [0.717, 1.165) is 17.9 Å². The van der Waals surface area contributed by atoms with E-state index in [-0.39, 0.29) is 5.82 Å². The lowest BCUT2D eigenvalue weighted by molar-refractivity contribution is 0.372. The van der Waals surface area contributed by atoms with Gasteiger partial charge in [-0.1, -0.05) is 31.4 Å². The van der Waals surface area contributed by atoms with Gasteiger partial charge in [-0.25, -0.2) is 4.39 Å². The number of aryl methyl sites for hydroxylation is 1. The van der Waals surface area contributed by atoms with Crippen LogP contribution in [-0.4, -0.2) is 10.6 Å². The van der Waals surface area contributed by atoms with Gasteiger partial charge in [0.15, 0.2) is 0 Å². The fraction of sp³-hybridized carbons (Fsp3) is 0.474. The number of aromatic nitrogens is 1. The average Bonchev–Trinajstić information content (AvgIpc) is 2.81. The maximum absolute atomic E-state index is 14.1. The molecule has 118 valence electrons. The van der Waals surface area contributed by atoms with Gasteiger partial charge in [0.1, 0.15) is 5.82 Å². The van der Waals surface area contributed by atoms with Gasteiger partial charge in [-0.3, -0.25) is 0 Å². The van der Waals surface area contributed by atoms with Crippen LogP contribution in [-0.2, 0) is 6.54 Å². The zero-order valence-electron chi connectivity index (χ0n) is 13.5. The molecule has 1 aromatic carbocycles. The SMILES string of the molecule is Cc1cc(CNC2CCCCC2)c(C)n1-c1ccccc1F. The van der Waals surface area contributed by atoms with Crippen LogP contribution in [0.4, 0.5) is 4.39 Å². The minimum absolute atomic E-state index is 0.170. The van der Waals surface area contributed by atoms with Crippen molar-refractivity contribution in [3.05, 3.63) is 53.1 Å². The topological polar surface area (TPSA) is 17.0 Å². The normalized spacial score (nSPS) is 16.1. The second-order valence-corrected chi connectivity index (χ2v) is 6.40. The van der Waals surface area contributed by atoms with Crippen LogP contribution in [0.5, 0.6) is 0 Å². The third-order valence-corrected chi connectivity index (χ3v) is 4.82. The third-order valence-electron chi connectivity index (χ3n) is 4.82. The van der Waals surface area contributed by atoms with Crippen LogP contribution in [0.3, 0.4) is 0 Å². The first-order valence-electron chi connectivity index (χ1n) is 8.33. The third kappa shape index (κ3) is 3.09. The fourth-order valence-electron chi connectivity index (χ4n) is 3.57. The number of hydrogen-bond donors (Lipinski definition) is 1. The van der Waals surface area contributed by atoms with Crippen LogP contribution in [0.1, 0.15) is 49.1 Å². The van der Waals surface area contributed by atoms with Crippen molar-refractivity contribution in [1.29, 1.82) is 0 Å². The Morgan fingerprint density at radius 3 is 2.59 bits per heavy atom. The second-order valence-electron chi connectivity index (χ2n) is 6.40. The number of benzene rings is 1. The Hall–Kier alpha value is -1.61. The standard InChI is InChI=1S/C19H25FN2/c1-14-12-16(13-21-17-8-4-3-5-9-17)15(2)22(14)19-11-7-6-10-18(19)20/h6-7,10-12,17,21H,3-5,8-9,13H2,1-2H3. The van der Waals surface area contributed by atoms with E-state index >= 15 is 0 Å². The van der Waals surface area contributed by atoms with Crippen molar-refractivity contribution in [2.45, 2.75) is 58.5 Å². The van der Waals surface area contributed by atoms with Gasteiger partial charge in [0.2, 0.25) is 0 Å². The number of para-hydroxylation sites is 1. The molecule has 3 rings (SSSR count). The Labute approximate surface area is 132 Å². The molecule has 1 saturated carbocycles. The molecule has 2 aromatic rings. The van der Waals surface area contributed by atoms with Crippen LogP contribution < -0.4 is 5.32 Å². The van der Waals surface area contributed by atoms with E-state index in [2.05, 4.69) is 18.3 Å². The summed E-state index contributed by atoms with van der Waals surface area (Å²) in [5.41, 5.74) is 4.13. The second kappa shape index (κ2) is 6.66.